The van der Waals surface area contributed by atoms with Crippen LogP contribution in [0, 0.1) is 5.82 Å². The number of aromatic nitrogens is 3. The largest absolute Gasteiger partial charge is 0.375 e. The van der Waals surface area contributed by atoms with E-state index in [-0.39, 0.29) is 17.2 Å². The fourth-order valence-electron chi connectivity index (χ4n) is 2.79. The maximum Gasteiger partial charge on any atom is 0.297 e. The molecule has 1 saturated heterocycles. The minimum atomic E-state index is -2.81. The van der Waals surface area contributed by atoms with Crippen molar-refractivity contribution in [1.29, 1.82) is 0 Å². The molecule has 22 heavy (non-hydrogen) atoms. The van der Waals surface area contributed by atoms with Crippen molar-refractivity contribution in [3.63, 3.8) is 0 Å². The molecule has 1 aromatic heterocycles. The molecule has 0 amide bonds. The zero-order valence-corrected chi connectivity index (χ0v) is 12.3. The second-order valence-electron chi connectivity index (χ2n) is 6.01. The van der Waals surface area contributed by atoms with Crippen LogP contribution < -0.4 is 0 Å². The van der Waals surface area contributed by atoms with Crippen LogP contribution in [0.4, 0.5) is 13.2 Å². The number of hydrogen-bond acceptors (Lipinski definition) is 3. The SMILES string of the molecule is CC1(C)C[C@@H](c2ccc(-n3ncnc3C(F)F)c(F)c2)CO1. The van der Waals surface area contributed by atoms with Crippen LogP contribution in [0.2, 0.25) is 0 Å². The van der Waals surface area contributed by atoms with Gasteiger partial charge in [-0.3, -0.25) is 0 Å². The first kappa shape index (κ1) is 15.0. The summed E-state index contributed by atoms with van der Waals surface area (Å²) in [5.41, 5.74) is 0.537. The van der Waals surface area contributed by atoms with E-state index < -0.39 is 18.1 Å². The van der Waals surface area contributed by atoms with Crippen LogP contribution in [0.15, 0.2) is 24.5 Å². The Morgan fingerprint density at radius 2 is 2.14 bits per heavy atom. The summed E-state index contributed by atoms with van der Waals surface area (Å²) in [5.74, 6) is -1.07. The van der Waals surface area contributed by atoms with Crippen LogP contribution in [0.3, 0.4) is 0 Å². The zero-order chi connectivity index (χ0) is 15.9. The first-order valence-electron chi connectivity index (χ1n) is 6.99. The summed E-state index contributed by atoms with van der Waals surface area (Å²) in [5, 5.41) is 3.68. The van der Waals surface area contributed by atoms with Gasteiger partial charge < -0.3 is 4.74 Å². The van der Waals surface area contributed by atoms with Crippen molar-refractivity contribution in [1.82, 2.24) is 14.8 Å². The van der Waals surface area contributed by atoms with Gasteiger partial charge in [0.15, 0.2) is 5.82 Å². The van der Waals surface area contributed by atoms with Crippen molar-refractivity contribution in [3.05, 3.63) is 41.7 Å². The Hall–Kier alpha value is -1.89. The summed E-state index contributed by atoms with van der Waals surface area (Å²) in [6.07, 6.45) is -1.04. The van der Waals surface area contributed by atoms with Crippen molar-refractivity contribution in [2.45, 2.75) is 38.2 Å². The Labute approximate surface area is 125 Å². The molecule has 0 saturated carbocycles. The van der Waals surface area contributed by atoms with Crippen LogP contribution in [0.5, 0.6) is 0 Å². The highest BCUT2D eigenvalue weighted by molar-refractivity contribution is 5.38. The fourth-order valence-corrected chi connectivity index (χ4v) is 2.79. The van der Waals surface area contributed by atoms with E-state index in [9.17, 15) is 13.2 Å². The first-order valence-corrected chi connectivity index (χ1v) is 6.99. The van der Waals surface area contributed by atoms with E-state index in [1.807, 2.05) is 13.8 Å². The number of halogens is 3. The molecule has 2 aromatic rings. The van der Waals surface area contributed by atoms with Gasteiger partial charge in [0, 0.05) is 5.92 Å². The third kappa shape index (κ3) is 2.72. The van der Waals surface area contributed by atoms with E-state index in [0.29, 0.717) is 6.61 Å². The van der Waals surface area contributed by atoms with Crippen LogP contribution in [-0.4, -0.2) is 27.0 Å². The molecule has 0 spiro atoms. The summed E-state index contributed by atoms with van der Waals surface area (Å²) in [7, 11) is 0. The second kappa shape index (κ2) is 5.39. The summed E-state index contributed by atoms with van der Waals surface area (Å²) in [6.45, 7) is 4.50. The topological polar surface area (TPSA) is 39.9 Å². The Bertz CT molecular complexity index is 684. The van der Waals surface area contributed by atoms with Gasteiger partial charge in [-0.25, -0.2) is 22.8 Å². The lowest BCUT2D eigenvalue weighted by Gasteiger charge is -2.16. The van der Waals surface area contributed by atoms with E-state index >= 15 is 0 Å². The zero-order valence-electron chi connectivity index (χ0n) is 12.3. The quantitative estimate of drug-likeness (QED) is 0.869. The fraction of sp³-hybridized carbons (Fsp3) is 0.467. The van der Waals surface area contributed by atoms with Crippen molar-refractivity contribution < 1.29 is 17.9 Å². The number of benzene rings is 1. The van der Waals surface area contributed by atoms with Gasteiger partial charge in [-0.05, 0) is 38.0 Å². The monoisotopic (exact) mass is 311 g/mol. The summed E-state index contributed by atoms with van der Waals surface area (Å²) >= 11 is 0. The molecule has 7 heteroatoms. The van der Waals surface area contributed by atoms with Gasteiger partial charge in [0.25, 0.3) is 6.43 Å². The second-order valence-corrected chi connectivity index (χ2v) is 6.01. The molecule has 3 rings (SSSR count). The van der Waals surface area contributed by atoms with E-state index in [2.05, 4.69) is 10.1 Å². The van der Waals surface area contributed by atoms with E-state index in [1.165, 1.54) is 12.1 Å². The molecule has 0 bridgehead atoms. The Balaban J connectivity index is 1.91. The number of alkyl halides is 2. The maximum atomic E-state index is 14.3. The normalized spacial score (nSPS) is 20.7. The lowest BCUT2D eigenvalue weighted by Crippen LogP contribution is -2.16. The number of rotatable bonds is 3. The first-order chi connectivity index (χ1) is 10.4. The predicted octanol–water partition coefficient (Wildman–Crippen LogP) is 3.63. The molecular weight excluding hydrogens is 295 g/mol. The lowest BCUT2D eigenvalue weighted by molar-refractivity contribution is 0.0361. The molecule has 0 aliphatic carbocycles. The van der Waals surface area contributed by atoms with Gasteiger partial charge in [-0.1, -0.05) is 6.07 Å². The molecule has 0 radical (unpaired) electrons. The highest BCUT2D eigenvalue weighted by Gasteiger charge is 2.33. The smallest absolute Gasteiger partial charge is 0.297 e. The summed E-state index contributed by atoms with van der Waals surface area (Å²) in [6, 6.07) is 4.54. The van der Waals surface area contributed by atoms with Crippen molar-refractivity contribution in [3.8, 4) is 5.69 Å². The molecular formula is C15H16F3N3O. The molecule has 0 unspecified atom stereocenters. The van der Waals surface area contributed by atoms with Gasteiger partial charge in [-0.15, -0.1) is 0 Å². The third-order valence-corrected chi connectivity index (χ3v) is 3.85. The average molecular weight is 311 g/mol. The van der Waals surface area contributed by atoms with Gasteiger partial charge in [0.1, 0.15) is 17.8 Å². The highest BCUT2D eigenvalue weighted by atomic mass is 19.3. The molecule has 1 aliphatic rings. The summed E-state index contributed by atoms with van der Waals surface area (Å²) in [4.78, 5) is 3.47. The minimum absolute atomic E-state index is 0.0327. The van der Waals surface area contributed by atoms with Gasteiger partial charge in [0.2, 0.25) is 0 Å². The molecule has 1 aromatic carbocycles. The Morgan fingerprint density at radius 3 is 2.73 bits per heavy atom. The third-order valence-electron chi connectivity index (χ3n) is 3.85. The van der Waals surface area contributed by atoms with Gasteiger partial charge in [-0.2, -0.15) is 5.10 Å². The minimum Gasteiger partial charge on any atom is -0.375 e. The molecule has 2 heterocycles. The molecule has 1 atom stereocenters. The Morgan fingerprint density at radius 1 is 1.36 bits per heavy atom. The van der Waals surface area contributed by atoms with Crippen LogP contribution >= 0.6 is 0 Å². The van der Waals surface area contributed by atoms with Crippen LogP contribution in [0.1, 0.15) is 44.0 Å². The molecule has 0 N–H and O–H groups in total. The highest BCUT2D eigenvalue weighted by Crippen LogP contribution is 2.36. The Kier molecular flexibility index (Phi) is 3.68. The number of ether oxygens (including phenoxy) is 1. The summed E-state index contributed by atoms with van der Waals surface area (Å²) < 4.78 is 46.5. The van der Waals surface area contributed by atoms with E-state index in [4.69, 9.17) is 4.74 Å². The molecule has 118 valence electrons. The standard InChI is InChI=1S/C15H16F3N3O/c1-15(2)6-10(7-22-15)9-3-4-12(11(16)5-9)21-14(13(17)18)19-8-20-21/h3-5,8,10,13H,6-7H2,1-2H3/t10-/m1/s1. The van der Waals surface area contributed by atoms with Crippen LogP contribution in [0.25, 0.3) is 5.69 Å². The van der Waals surface area contributed by atoms with Crippen molar-refractivity contribution in [2.24, 2.45) is 0 Å². The van der Waals surface area contributed by atoms with Gasteiger partial charge >= 0.3 is 0 Å². The van der Waals surface area contributed by atoms with Crippen LogP contribution in [-0.2, 0) is 4.74 Å². The lowest BCUT2D eigenvalue weighted by atomic mass is 9.91. The number of nitrogens with zero attached hydrogens (tertiary/aromatic N) is 3. The van der Waals surface area contributed by atoms with E-state index in [0.717, 1.165) is 23.0 Å². The molecule has 1 aliphatic heterocycles. The van der Waals surface area contributed by atoms with Crippen molar-refractivity contribution >= 4 is 0 Å². The molecule has 4 nitrogen and oxygen atoms in total. The number of hydrogen-bond donors (Lipinski definition) is 0. The van der Waals surface area contributed by atoms with E-state index in [1.54, 1.807) is 6.07 Å². The maximum absolute atomic E-state index is 14.3. The predicted molar refractivity (Wildman–Crippen MR) is 73.7 cm³/mol. The average Bonchev–Trinajstić information content (AvgIpc) is 3.05. The molecule has 1 fully saturated rings. The van der Waals surface area contributed by atoms with Crippen molar-refractivity contribution in [2.75, 3.05) is 6.61 Å². The van der Waals surface area contributed by atoms with Gasteiger partial charge in [0.05, 0.1) is 12.2 Å².